The van der Waals surface area contributed by atoms with Crippen molar-refractivity contribution in [1.82, 2.24) is 0 Å². The van der Waals surface area contributed by atoms with Gasteiger partial charge in [-0.15, -0.1) is 0 Å². The van der Waals surface area contributed by atoms with Crippen molar-refractivity contribution >= 4 is 21.8 Å². The Bertz CT molecular complexity index is 266. The Hall–Kier alpha value is -1.11. The summed E-state index contributed by atoms with van der Waals surface area (Å²) in [6, 6.07) is 0. The van der Waals surface area contributed by atoms with Crippen LogP contribution in [0.3, 0.4) is 0 Å². The van der Waals surface area contributed by atoms with Gasteiger partial charge in [-0.2, -0.15) is 0 Å². The maximum Gasteiger partial charge on any atom is 0.303 e. The second-order valence-corrected chi connectivity index (χ2v) is 4.21. The van der Waals surface area contributed by atoms with Crippen molar-refractivity contribution in [3.63, 3.8) is 0 Å². The van der Waals surface area contributed by atoms with Gasteiger partial charge in [-0.25, -0.2) is 8.42 Å². The molecule has 76 valence electrons. The first-order chi connectivity index (χ1) is 5.83. The zero-order valence-corrected chi connectivity index (χ0v) is 8.09. The molecule has 0 aromatic heterocycles. The molecule has 0 saturated heterocycles. The average molecular weight is 210 g/mol. The lowest BCUT2D eigenvalue weighted by molar-refractivity contribution is -0.139. The van der Waals surface area contributed by atoms with Gasteiger partial charge in [0.15, 0.2) is 11.9 Å². The summed E-state index contributed by atoms with van der Waals surface area (Å²) < 4.78 is 30.2. The van der Waals surface area contributed by atoms with Crippen LogP contribution < -0.4 is 0 Å². The second kappa shape index (κ2) is 4.80. The van der Waals surface area contributed by atoms with Crippen molar-refractivity contribution in [2.75, 3.05) is 11.9 Å². The van der Waals surface area contributed by atoms with E-state index in [0.717, 1.165) is 13.8 Å². The van der Waals surface area contributed by atoms with E-state index in [1.165, 1.54) is 0 Å². The fourth-order valence-corrected chi connectivity index (χ4v) is 1.14. The minimum Gasteiger partial charge on any atom is -0.449 e. The Labute approximate surface area is 75.7 Å². The molecule has 0 spiro atoms. The SMILES string of the molecule is CC(=O)OCS(=O)(=O)COC(C)=O. The summed E-state index contributed by atoms with van der Waals surface area (Å²) in [4.78, 5) is 20.5. The minimum atomic E-state index is -3.66. The summed E-state index contributed by atoms with van der Waals surface area (Å²) in [6.07, 6.45) is 0. The number of esters is 2. The van der Waals surface area contributed by atoms with E-state index in [9.17, 15) is 18.0 Å². The van der Waals surface area contributed by atoms with E-state index in [1.807, 2.05) is 0 Å². The zero-order chi connectivity index (χ0) is 10.5. The van der Waals surface area contributed by atoms with E-state index in [0.29, 0.717) is 0 Å². The molecule has 0 saturated carbocycles. The third-order valence-electron chi connectivity index (χ3n) is 0.883. The maximum absolute atomic E-state index is 10.9. The van der Waals surface area contributed by atoms with Gasteiger partial charge >= 0.3 is 11.9 Å². The van der Waals surface area contributed by atoms with Crippen LogP contribution in [-0.4, -0.2) is 32.2 Å². The zero-order valence-electron chi connectivity index (χ0n) is 7.27. The standard InChI is InChI=1S/C6H10O6S/c1-5(7)11-3-13(9,10)4-12-6(2)8/h3-4H2,1-2H3. The molecular weight excluding hydrogens is 200 g/mol. The molecule has 0 N–H and O–H groups in total. The lowest BCUT2D eigenvalue weighted by atomic mass is 10.8. The molecule has 0 amide bonds. The van der Waals surface area contributed by atoms with Crippen molar-refractivity contribution in [3.05, 3.63) is 0 Å². The average Bonchev–Trinajstić information content (AvgIpc) is 1.98. The molecule has 0 bridgehead atoms. The predicted octanol–water partition coefficient (Wildman–Crippen LogP) is -0.558. The van der Waals surface area contributed by atoms with Gasteiger partial charge < -0.3 is 9.47 Å². The summed E-state index contributed by atoms with van der Waals surface area (Å²) in [5.41, 5.74) is 0. The van der Waals surface area contributed by atoms with Gasteiger partial charge in [0.25, 0.3) is 0 Å². The van der Waals surface area contributed by atoms with E-state index >= 15 is 0 Å². The first-order valence-electron chi connectivity index (χ1n) is 3.30. The van der Waals surface area contributed by atoms with Crippen LogP contribution in [0.25, 0.3) is 0 Å². The Morgan fingerprint density at radius 1 is 1.00 bits per heavy atom. The summed E-state index contributed by atoms with van der Waals surface area (Å²) in [5.74, 6) is -2.94. The highest BCUT2D eigenvalue weighted by molar-refractivity contribution is 7.91. The molecule has 0 aliphatic heterocycles. The van der Waals surface area contributed by atoms with Crippen LogP contribution in [0, 0.1) is 0 Å². The molecular formula is C6H10O6S. The van der Waals surface area contributed by atoms with Gasteiger partial charge in [0, 0.05) is 13.8 Å². The molecule has 0 heterocycles. The molecule has 0 aliphatic carbocycles. The number of carbonyl (C=O) groups is 2. The topological polar surface area (TPSA) is 86.7 Å². The molecule has 0 fully saturated rings. The lowest BCUT2D eigenvalue weighted by Crippen LogP contribution is -2.18. The van der Waals surface area contributed by atoms with Crippen molar-refractivity contribution in [1.29, 1.82) is 0 Å². The Balaban J connectivity index is 3.95. The Morgan fingerprint density at radius 2 is 1.31 bits per heavy atom. The van der Waals surface area contributed by atoms with E-state index in [-0.39, 0.29) is 0 Å². The molecule has 13 heavy (non-hydrogen) atoms. The molecule has 0 unspecified atom stereocenters. The van der Waals surface area contributed by atoms with Crippen molar-refractivity contribution < 1.29 is 27.5 Å². The highest BCUT2D eigenvalue weighted by Gasteiger charge is 2.14. The van der Waals surface area contributed by atoms with Gasteiger partial charge in [-0.05, 0) is 0 Å². The van der Waals surface area contributed by atoms with Gasteiger partial charge in [-0.1, -0.05) is 0 Å². The predicted molar refractivity (Wildman–Crippen MR) is 42.2 cm³/mol. The molecule has 0 radical (unpaired) electrons. The lowest BCUT2D eigenvalue weighted by Gasteiger charge is -2.03. The fraction of sp³-hybridized carbons (Fsp3) is 0.667. The normalized spacial score (nSPS) is 10.6. The Kier molecular flexibility index (Phi) is 4.39. The van der Waals surface area contributed by atoms with Crippen LogP contribution >= 0.6 is 0 Å². The van der Waals surface area contributed by atoms with Gasteiger partial charge in [0.1, 0.15) is 0 Å². The molecule has 0 atom stereocenters. The smallest absolute Gasteiger partial charge is 0.303 e. The van der Waals surface area contributed by atoms with Crippen molar-refractivity contribution in [2.24, 2.45) is 0 Å². The van der Waals surface area contributed by atoms with Crippen LogP contribution in [0.4, 0.5) is 0 Å². The van der Waals surface area contributed by atoms with Crippen LogP contribution in [0.2, 0.25) is 0 Å². The fourth-order valence-electron chi connectivity index (χ4n) is 0.380. The van der Waals surface area contributed by atoms with Gasteiger partial charge in [0.05, 0.1) is 0 Å². The van der Waals surface area contributed by atoms with E-state index < -0.39 is 33.7 Å². The van der Waals surface area contributed by atoms with E-state index in [4.69, 9.17) is 0 Å². The van der Waals surface area contributed by atoms with Crippen LogP contribution in [0.5, 0.6) is 0 Å². The van der Waals surface area contributed by atoms with Crippen molar-refractivity contribution in [3.8, 4) is 0 Å². The third kappa shape index (κ3) is 7.26. The molecule has 0 aliphatic rings. The van der Waals surface area contributed by atoms with Gasteiger partial charge in [0.2, 0.25) is 9.84 Å². The third-order valence-corrected chi connectivity index (χ3v) is 1.84. The van der Waals surface area contributed by atoms with Crippen LogP contribution in [-0.2, 0) is 28.9 Å². The van der Waals surface area contributed by atoms with E-state index in [1.54, 1.807) is 0 Å². The number of hydrogen-bond acceptors (Lipinski definition) is 6. The minimum absolute atomic E-state index is 0.702. The largest absolute Gasteiger partial charge is 0.449 e. The first-order valence-corrected chi connectivity index (χ1v) is 5.13. The number of rotatable bonds is 4. The maximum atomic E-state index is 10.9. The molecule has 0 aromatic rings. The summed E-state index contributed by atoms with van der Waals surface area (Å²) >= 11 is 0. The Morgan fingerprint density at radius 3 is 1.54 bits per heavy atom. The van der Waals surface area contributed by atoms with Crippen LogP contribution in [0.15, 0.2) is 0 Å². The molecule has 0 rings (SSSR count). The summed E-state index contributed by atoms with van der Waals surface area (Å²) in [6.45, 7) is 2.17. The highest BCUT2D eigenvalue weighted by atomic mass is 32.2. The molecule has 7 heteroatoms. The first kappa shape index (κ1) is 11.9. The van der Waals surface area contributed by atoms with Crippen LogP contribution in [0.1, 0.15) is 13.8 Å². The monoisotopic (exact) mass is 210 g/mol. The molecule has 6 nitrogen and oxygen atoms in total. The summed E-state index contributed by atoms with van der Waals surface area (Å²) in [7, 11) is -3.66. The number of hydrogen-bond donors (Lipinski definition) is 0. The number of sulfone groups is 1. The molecule has 0 aromatic carbocycles. The quantitative estimate of drug-likeness (QED) is 0.578. The van der Waals surface area contributed by atoms with E-state index in [2.05, 4.69) is 9.47 Å². The van der Waals surface area contributed by atoms with Gasteiger partial charge in [-0.3, -0.25) is 9.59 Å². The second-order valence-electron chi connectivity index (χ2n) is 2.25. The summed E-state index contributed by atoms with van der Waals surface area (Å²) in [5, 5.41) is 0. The highest BCUT2D eigenvalue weighted by Crippen LogP contribution is 1.93. The number of carbonyl (C=O) groups excluding carboxylic acids is 2. The van der Waals surface area contributed by atoms with Crippen molar-refractivity contribution in [2.45, 2.75) is 13.8 Å². The number of ether oxygens (including phenoxy) is 2.